The molecule has 0 saturated carbocycles. The van der Waals surface area contributed by atoms with Gasteiger partial charge in [0, 0.05) is 11.8 Å². The van der Waals surface area contributed by atoms with E-state index >= 15 is 0 Å². The Balaban J connectivity index is 1.68. The second kappa shape index (κ2) is 12.1. The molecule has 0 aliphatic rings. The number of benzene rings is 3. The molecule has 0 aromatic heterocycles. The van der Waals surface area contributed by atoms with Crippen molar-refractivity contribution in [3.63, 3.8) is 0 Å². The summed E-state index contributed by atoms with van der Waals surface area (Å²) in [4.78, 5) is 12.0. The Morgan fingerprint density at radius 2 is 1.70 bits per heavy atom. The van der Waals surface area contributed by atoms with Gasteiger partial charge < -0.3 is 24.6 Å². The number of nitrogens with one attached hydrogen (secondary N) is 1. The van der Waals surface area contributed by atoms with Gasteiger partial charge in [0.2, 0.25) is 0 Å². The lowest BCUT2D eigenvalue weighted by Crippen LogP contribution is -2.20. The molecule has 7 heteroatoms. The molecule has 0 fully saturated rings. The Morgan fingerprint density at radius 3 is 2.33 bits per heavy atom. The molecule has 170 valence electrons. The van der Waals surface area contributed by atoms with Gasteiger partial charge in [0.25, 0.3) is 0 Å². The van der Waals surface area contributed by atoms with Crippen molar-refractivity contribution < 1.29 is 24.1 Å². The number of aliphatic carboxylic acids is 1. The molecule has 3 aromatic carbocycles. The second-order valence-corrected chi connectivity index (χ2v) is 7.16. The van der Waals surface area contributed by atoms with E-state index < -0.39 is 12.0 Å². The van der Waals surface area contributed by atoms with Crippen molar-refractivity contribution in [2.45, 2.75) is 19.6 Å². The number of hydrogen-bond donors (Lipinski definition) is 2. The topological polar surface area (TPSA) is 101 Å². The SMILES string of the molecule is CCOc1cc(OCCOCc2ccccc2)cc(C(Nc2ccc(C#N)cc2)C(=O)O)c1. The van der Waals surface area contributed by atoms with Crippen LogP contribution in [-0.2, 0) is 16.1 Å². The summed E-state index contributed by atoms with van der Waals surface area (Å²) in [5.74, 6) is -0.0413. The molecule has 3 rings (SSSR count). The van der Waals surface area contributed by atoms with Gasteiger partial charge in [-0.25, -0.2) is 4.79 Å². The van der Waals surface area contributed by atoms with E-state index in [9.17, 15) is 9.90 Å². The number of hydrogen-bond acceptors (Lipinski definition) is 6. The molecule has 0 aliphatic heterocycles. The van der Waals surface area contributed by atoms with E-state index in [1.807, 2.05) is 43.3 Å². The predicted octanol–water partition coefficient (Wildman–Crippen LogP) is 4.79. The minimum absolute atomic E-state index is 0.308. The first-order valence-electron chi connectivity index (χ1n) is 10.6. The second-order valence-electron chi connectivity index (χ2n) is 7.16. The highest BCUT2D eigenvalue weighted by Crippen LogP contribution is 2.29. The van der Waals surface area contributed by atoms with Crippen LogP contribution in [0.15, 0.2) is 72.8 Å². The molecule has 0 bridgehead atoms. The normalized spacial score (nSPS) is 11.3. The van der Waals surface area contributed by atoms with Gasteiger partial charge in [0.15, 0.2) is 6.04 Å². The molecule has 0 saturated heterocycles. The number of nitrogens with zero attached hydrogens (tertiary/aromatic N) is 1. The van der Waals surface area contributed by atoms with Crippen molar-refractivity contribution in [2.24, 2.45) is 0 Å². The van der Waals surface area contributed by atoms with Crippen LogP contribution in [0.1, 0.15) is 29.7 Å². The highest BCUT2D eigenvalue weighted by Gasteiger charge is 2.21. The van der Waals surface area contributed by atoms with Crippen molar-refractivity contribution in [3.8, 4) is 17.6 Å². The summed E-state index contributed by atoms with van der Waals surface area (Å²) in [5.41, 5.74) is 2.64. The van der Waals surface area contributed by atoms with Crippen LogP contribution < -0.4 is 14.8 Å². The van der Waals surface area contributed by atoms with Crippen LogP contribution in [0.4, 0.5) is 5.69 Å². The maximum absolute atomic E-state index is 12.0. The minimum atomic E-state index is -1.05. The van der Waals surface area contributed by atoms with Crippen molar-refractivity contribution in [1.29, 1.82) is 5.26 Å². The van der Waals surface area contributed by atoms with E-state index in [0.29, 0.717) is 54.7 Å². The molecular weight excluding hydrogens is 420 g/mol. The summed E-state index contributed by atoms with van der Waals surface area (Å²) < 4.78 is 17.1. The molecule has 3 aromatic rings. The van der Waals surface area contributed by atoms with Crippen molar-refractivity contribution in [3.05, 3.63) is 89.5 Å². The summed E-state index contributed by atoms with van der Waals surface area (Å²) in [5, 5.41) is 21.8. The lowest BCUT2D eigenvalue weighted by Gasteiger charge is -2.19. The fourth-order valence-electron chi connectivity index (χ4n) is 3.17. The van der Waals surface area contributed by atoms with E-state index in [2.05, 4.69) is 5.32 Å². The maximum atomic E-state index is 12.0. The Labute approximate surface area is 193 Å². The van der Waals surface area contributed by atoms with Crippen LogP contribution in [0.5, 0.6) is 11.5 Å². The molecule has 0 radical (unpaired) electrons. The molecule has 33 heavy (non-hydrogen) atoms. The third-order valence-corrected chi connectivity index (χ3v) is 4.73. The molecule has 0 amide bonds. The maximum Gasteiger partial charge on any atom is 0.330 e. The molecular formula is C26H26N2O5. The third kappa shape index (κ3) is 7.27. The average Bonchev–Trinajstić information content (AvgIpc) is 2.83. The molecule has 0 spiro atoms. The number of rotatable bonds is 12. The third-order valence-electron chi connectivity index (χ3n) is 4.73. The molecule has 1 unspecified atom stereocenters. The van der Waals surface area contributed by atoms with Gasteiger partial charge >= 0.3 is 5.97 Å². The van der Waals surface area contributed by atoms with Gasteiger partial charge in [-0.05, 0) is 54.4 Å². The largest absolute Gasteiger partial charge is 0.494 e. The van der Waals surface area contributed by atoms with Crippen LogP contribution in [0.2, 0.25) is 0 Å². The van der Waals surface area contributed by atoms with E-state index in [1.54, 1.807) is 42.5 Å². The molecule has 7 nitrogen and oxygen atoms in total. The van der Waals surface area contributed by atoms with Crippen LogP contribution in [-0.4, -0.2) is 30.9 Å². The average molecular weight is 447 g/mol. The first-order valence-corrected chi connectivity index (χ1v) is 10.6. The highest BCUT2D eigenvalue weighted by atomic mass is 16.5. The highest BCUT2D eigenvalue weighted by molar-refractivity contribution is 5.79. The molecule has 0 aliphatic carbocycles. The Morgan fingerprint density at radius 1 is 1.00 bits per heavy atom. The van der Waals surface area contributed by atoms with Crippen LogP contribution in [0.3, 0.4) is 0 Å². The molecule has 1 atom stereocenters. The monoisotopic (exact) mass is 446 g/mol. The summed E-state index contributed by atoms with van der Waals surface area (Å²) in [7, 11) is 0. The molecule has 0 heterocycles. The number of ether oxygens (including phenoxy) is 3. The summed E-state index contributed by atoms with van der Waals surface area (Å²) in [6, 6.07) is 22.5. The number of carboxylic acid groups (broad SMARTS) is 1. The first kappa shape index (κ1) is 23.6. The summed E-state index contributed by atoms with van der Waals surface area (Å²) >= 11 is 0. The summed E-state index contributed by atoms with van der Waals surface area (Å²) in [6.45, 7) is 3.47. The van der Waals surface area contributed by atoms with Gasteiger partial charge in [0.1, 0.15) is 18.1 Å². The Kier molecular flexibility index (Phi) is 8.69. The minimum Gasteiger partial charge on any atom is -0.494 e. The lowest BCUT2D eigenvalue weighted by molar-refractivity contribution is -0.138. The Bertz CT molecular complexity index is 1080. The van der Waals surface area contributed by atoms with E-state index in [1.165, 1.54) is 0 Å². The van der Waals surface area contributed by atoms with Gasteiger partial charge in [-0.15, -0.1) is 0 Å². The van der Waals surface area contributed by atoms with Gasteiger partial charge in [-0.1, -0.05) is 30.3 Å². The van der Waals surface area contributed by atoms with Crippen LogP contribution in [0.25, 0.3) is 0 Å². The van der Waals surface area contributed by atoms with Gasteiger partial charge in [-0.2, -0.15) is 5.26 Å². The number of carbonyl (C=O) groups is 1. The smallest absolute Gasteiger partial charge is 0.330 e. The number of anilines is 1. The van der Waals surface area contributed by atoms with Crippen molar-refractivity contribution >= 4 is 11.7 Å². The van der Waals surface area contributed by atoms with Crippen molar-refractivity contribution in [2.75, 3.05) is 25.1 Å². The predicted molar refractivity (Wildman–Crippen MR) is 124 cm³/mol. The van der Waals surface area contributed by atoms with Crippen LogP contribution in [0, 0.1) is 11.3 Å². The van der Waals surface area contributed by atoms with E-state index in [4.69, 9.17) is 19.5 Å². The number of nitriles is 1. The number of carboxylic acids is 1. The van der Waals surface area contributed by atoms with Crippen molar-refractivity contribution in [1.82, 2.24) is 0 Å². The standard InChI is InChI=1S/C26H26N2O5/c1-2-32-23-14-21(25(26(29)30)28-22-10-8-19(17-27)9-11-22)15-24(16-23)33-13-12-31-18-20-6-4-3-5-7-20/h3-11,14-16,25,28H,2,12-13,18H2,1H3,(H,29,30). The van der Waals surface area contributed by atoms with E-state index in [0.717, 1.165) is 5.56 Å². The van der Waals surface area contributed by atoms with E-state index in [-0.39, 0.29) is 0 Å². The zero-order valence-electron chi connectivity index (χ0n) is 18.4. The van der Waals surface area contributed by atoms with Gasteiger partial charge in [-0.3, -0.25) is 0 Å². The first-order chi connectivity index (χ1) is 16.1. The van der Waals surface area contributed by atoms with Gasteiger partial charge in [0.05, 0.1) is 31.5 Å². The zero-order valence-corrected chi connectivity index (χ0v) is 18.4. The fourth-order valence-corrected chi connectivity index (χ4v) is 3.17. The zero-order chi connectivity index (χ0) is 23.5. The quantitative estimate of drug-likeness (QED) is 0.386. The Hall–Kier alpha value is -4.02. The molecule has 2 N–H and O–H groups in total. The fraction of sp³-hybridized carbons (Fsp3) is 0.231. The van der Waals surface area contributed by atoms with Crippen LogP contribution >= 0.6 is 0 Å². The lowest BCUT2D eigenvalue weighted by atomic mass is 10.1. The summed E-state index contributed by atoms with van der Waals surface area (Å²) in [6.07, 6.45) is 0.